The molecule has 4 nitrogen and oxygen atoms in total. The molecule has 0 aliphatic carbocycles. The fraction of sp³-hybridized carbons (Fsp3) is 0.800. The van der Waals surface area contributed by atoms with Crippen molar-refractivity contribution in [2.45, 2.75) is 33.2 Å². The molecule has 14 heavy (non-hydrogen) atoms. The Bertz CT molecular complexity index is 210. The highest BCUT2D eigenvalue weighted by molar-refractivity contribution is 5.81. The molecule has 0 fully saturated rings. The quantitative estimate of drug-likeness (QED) is 0.683. The largest absolute Gasteiger partial charge is 0.355 e. The van der Waals surface area contributed by atoms with E-state index in [1.165, 1.54) is 0 Å². The SMILES string of the molecule is CCNC(=O)C(C)N(CC)CCC#N. The maximum atomic E-state index is 11.5. The van der Waals surface area contributed by atoms with Crippen molar-refractivity contribution in [2.24, 2.45) is 0 Å². The molecule has 0 aromatic heterocycles. The monoisotopic (exact) mass is 197 g/mol. The van der Waals surface area contributed by atoms with Crippen LogP contribution in [0.3, 0.4) is 0 Å². The maximum absolute atomic E-state index is 11.5. The average Bonchev–Trinajstić information content (AvgIpc) is 2.19. The maximum Gasteiger partial charge on any atom is 0.237 e. The van der Waals surface area contributed by atoms with Crippen molar-refractivity contribution in [3.8, 4) is 6.07 Å². The number of rotatable bonds is 6. The van der Waals surface area contributed by atoms with Gasteiger partial charge in [0, 0.05) is 19.5 Å². The lowest BCUT2D eigenvalue weighted by atomic mass is 10.2. The second-order valence-electron chi connectivity index (χ2n) is 3.11. The summed E-state index contributed by atoms with van der Waals surface area (Å²) in [5, 5.41) is 11.2. The summed E-state index contributed by atoms with van der Waals surface area (Å²) in [5.41, 5.74) is 0. The second kappa shape index (κ2) is 7.34. The molecule has 0 radical (unpaired) electrons. The third-order valence-electron chi connectivity index (χ3n) is 2.20. The van der Waals surface area contributed by atoms with Gasteiger partial charge in [-0.15, -0.1) is 0 Å². The zero-order valence-electron chi connectivity index (χ0n) is 9.21. The van der Waals surface area contributed by atoms with E-state index in [0.717, 1.165) is 6.54 Å². The number of likely N-dealkylation sites (N-methyl/N-ethyl adjacent to an activating group) is 2. The van der Waals surface area contributed by atoms with E-state index in [0.29, 0.717) is 19.5 Å². The third-order valence-corrected chi connectivity index (χ3v) is 2.20. The fourth-order valence-electron chi connectivity index (χ4n) is 1.31. The highest BCUT2D eigenvalue weighted by atomic mass is 16.2. The number of nitrogens with zero attached hydrogens (tertiary/aromatic N) is 2. The summed E-state index contributed by atoms with van der Waals surface area (Å²) in [5.74, 6) is 0.0345. The highest BCUT2D eigenvalue weighted by Gasteiger charge is 2.18. The Balaban J connectivity index is 4.09. The van der Waals surface area contributed by atoms with Crippen LogP contribution in [0.2, 0.25) is 0 Å². The minimum absolute atomic E-state index is 0.0345. The molecule has 80 valence electrons. The first-order chi connectivity index (χ1) is 6.67. The van der Waals surface area contributed by atoms with Crippen molar-refractivity contribution in [1.29, 1.82) is 5.26 Å². The number of carbonyl (C=O) groups excluding carboxylic acids is 1. The molecule has 0 bridgehead atoms. The van der Waals surface area contributed by atoms with Crippen molar-refractivity contribution in [1.82, 2.24) is 10.2 Å². The molecule has 0 saturated carbocycles. The fourth-order valence-corrected chi connectivity index (χ4v) is 1.31. The number of nitrogens with one attached hydrogen (secondary N) is 1. The molecule has 0 heterocycles. The van der Waals surface area contributed by atoms with Gasteiger partial charge in [-0.1, -0.05) is 6.92 Å². The van der Waals surface area contributed by atoms with Gasteiger partial charge in [-0.05, 0) is 20.4 Å². The zero-order valence-corrected chi connectivity index (χ0v) is 9.21. The van der Waals surface area contributed by atoms with E-state index in [9.17, 15) is 4.79 Å². The van der Waals surface area contributed by atoms with E-state index in [2.05, 4.69) is 11.4 Å². The normalized spacial score (nSPS) is 12.2. The Kier molecular flexibility index (Phi) is 6.77. The molecule has 0 spiro atoms. The molecule has 1 atom stereocenters. The standard InChI is InChI=1S/C10H19N3O/c1-4-12-10(14)9(3)13(5-2)8-6-7-11/h9H,4-6,8H2,1-3H3,(H,12,14). The summed E-state index contributed by atoms with van der Waals surface area (Å²) < 4.78 is 0. The lowest BCUT2D eigenvalue weighted by Gasteiger charge is -2.25. The molecule has 0 aromatic carbocycles. The van der Waals surface area contributed by atoms with Gasteiger partial charge >= 0.3 is 0 Å². The van der Waals surface area contributed by atoms with Gasteiger partial charge in [0.1, 0.15) is 0 Å². The van der Waals surface area contributed by atoms with E-state index < -0.39 is 0 Å². The first-order valence-corrected chi connectivity index (χ1v) is 5.06. The first-order valence-electron chi connectivity index (χ1n) is 5.06. The van der Waals surface area contributed by atoms with E-state index in [1.807, 2.05) is 25.7 Å². The second-order valence-corrected chi connectivity index (χ2v) is 3.11. The smallest absolute Gasteiger partial charge is 0.237 e. The van der Waals surface area contributed by atoms with Crippen LogP contribution in [-0.2, 0) is 4.79 Å². The molecule has 0 saturated heterocycles. The number of nitriles is 1. The van der Waals surface area contributed by atoms with E-state index >= 15 is 0 Å². The summed E-state index contributed by atoms with van der Waals surface area (Å²) in [6, 6.07) is 1.94. The van der Waals surface area contributed by atoms with Crippen LogP contribution in [-0.4, -0.2) is 36.5 Å². The van der Waals surface area contributed by atoms with Crippen molar-refractivity contribution >= 4 is 5.91 Å². The van der Waals surface area contributed by atoms with Crippen LogP contribution in [0.25, 0.3) is 0 Å². The summed E-state index contributed by atoms with van der Waals surface area (Å²) in [6.45, 7) is 7.86. The summed E-state index contributed by atoms with van der Waals surface area (Å²) in [7, 11) is 0. The van der Waals surface area contributed by atoms with Crippen LogP contribution in [0.4, 0.5) is 0 Å². The lowest BCUT2D eigenvalue weighted by molar-refractivity contribution is -0.125. The molecule has 1 N–H and O–H groups in total. The van der Waals surface area contributed by atoms with Crippen molar-refractivity contribution in [3.63, 3.8) is 0 Å². The van der Waals surface area contributed by atoms with Crippen LogP contribution in [0.5, 0.6) is 0 Å². The van der Waals surface area contributed by atoms with Gasteiger partial charge < -0.3 is 5.32 Å². The van der Waals surface area contributed by atoms with Gasteiger partial charge in [-0.3, -0.25) is 9.69 Å². The van der Waals surface area contributed by atoms with Crippen LogP contribution in [0, 0.1) is 11.3 Å². The van der Waals surface area contributed by atoms with Gasteiger partial charge in [0.05, 0.1) is 12.1 Å². The van der Waals surface area contributed by atoms with Crippen LogP contribution in [0.15, 0.2) is 0 Å². The van der Waals surface area contributed by atoms with Gasteiger partial charge in [0.15, 0.2) is 0 Å². The van der Waals surface area contributed by atoms with Crippen molar-refractivity contribution < 1.29 is 4.79 Å². The van der Waals surface area contributed by atoms with Crippen LogP contribution < -0.4 is 5.32 Å². The zero-order chi connectivity index (χ0) is 11.0. The Morgan fingerprint density at radius 2 is 2.21 bits per heavy atom. The topological polar surface area (TPSA) is 56.1 Å². The number of hydrogen-bond acceptors (Lipinski definition) is 3. The van der Waals surface area contributed by atoms with Crippen molar-refractivity contribution in [3.05, 3.63) is 0 Å². The molecule has 1 amide bonds. The Morgan fingerprint density at radius 3 is 2.64 bits per heavy atom. The van der Waals surface area contributed by atoms with Crippen molar-refractivity contribution in [2.75, 3.05) is 19.6 Å². The molecule has 0 aliphatic heterocycles. The van der Waals surface area contributed by atoms with Crippen LogP contribution >= 0.6 is 0 Å². The molecule has 0 aliphatic rings. The van der Waals surface area contributed by atoms with Crippen LogP contribution in [0.1, 0.15) is 27.2 Å². The Hall–Kier alpha value is -1.08. The summed E-state index contributed by atoms with van der Waals surface area (Å²) >= 11 is 0. The third kappa shape index (κ3) is 4.24. The van der Waals surface area contributed by atoms with E-state index in [-0.39, 0.29) is 11.9 Å². The number of carbonyl (C=O) groups is 1. The lowest BCUT2D eigenvalue weighted by Crippen LogP contribution is -2.45. The minimum Gasteiger partial charge on any atom is -0.355 e. The Morgan fingerprint density at radius 1 is 1.57 bits per heavy atom. The average molecular weight is 197 g/mol. The van der Waals surface area contributed by atoms with Gasteiger partial charge in [-0.2, -0.15) is 5.26 Å². The summed E-state index contributed by atoms with van der Waals surface area (Å²) in [4.78, 5) is 13.5. The molecular weight excluding hydrogens is 178 g/mol. The predicted octanol–water partition coefficient (Wildman–Crippen LogP) is 0.747. The summed E-state index contributed by atoms with van der Waals surface area (Å²) in [6.07, 6.45) is 0.470. The predicted molar refractivity (Wildman–Crippen MR) is 55.6 cm³/mol. The van der Waals surface area contributed by atoms with Gasteiger partial charge in [0.25, 0.3) is 0 Å². The number of hydrogen-bond donors (Lipinski definition) is 1. The van der Waals surface area contributed by atoms with Gasteiger partial charge in [0.2, 0.25) is 5.91 Å². The molecular formula is C10H19N3O. The Labute approximate surface area is 85.9 Å². The molecule has 0 aromatic rings. The van der Waals surface area contributed by atoms with E-state index in [1.54, 1.807) is 0 Å². The molecule has 0 rings (SSSR count). The highest BCUT2D eigenvalue weighted by Crippen LogP contribution is 1.99. The minimum atomic E-state index is -0.145. The van der Waals surface area contributed by atoms with E-state index in [4.69, 9.17) is 5.26 Å². The number of amides is 1. The first kappa shape index (κ1) is 12.9. The van der Waals surface area contributed by atoms with Gasteiger partial charge in [-0.25, -0.2) is 0 Å². The molecule has 4 heteroatoms. The molecule has 1 unspecified atom stereocenters.